The van der Waals surface area contributed by atoms with E-state index in [1.807, 2.05) is 0 Å². The number of nitrogens with zero attached hydrogens (tertiary/aromatic N) is 1. The van der Waals surface area contributed by atoms with Gasteiger partial charge in [-0.2, -0.15) is 0 Å². The molecule has 2 aromatic rings. The van der Waals surface area contributed by atoms with Crippen molar-refractivity contribution in [3.63, 3.8) is 0 Å². The van der Waals surface area contributed by atoms with E-state index >= 15 is 0 Å². The third-order valence-electron chi connectivity index (χ3n) is 2.34. The van der Waals surface area contributed by atoms with Crippen molar-refractivity contribution >= 4 is 11.3 Å². The maximum absolute atomic E-state index is 13.5. The van der Waals surface area contributed by atoms with Crippen molar-refractivity contribution < 1.29 is 9.13 Å². The van der Waals surface area contributed by atoms with Gasteiger partial charge in [-0.15, -0.1) is 11.3 Å². The van der Waals surface area contributed by atoms with Crippen LogP contribution in [0, 0.1) is 5.82 Å². The van der Waals surface area contributed by atoms with Crippen LogP contribution in [-0.4, -0.2) is 18.6 Å². The van der Waals surface area contributed by atoms with Gasteiger partial charge in [0.15, 0.2) is 11.6 Å². The molecule has 1 heterocycles. The van der Waals surface area contributed by atoms with Crippen molar-refractivity contribution in [1.29, 1.82) is 0 Å². The molecule has 0 saturated carbocycles. The number of ether oxygens (including phenoxy) is 1. The normalized spacial score (nSPS) is 10.5. The highest BCUT2D eigenvalue weighted by atomic mass is 32.1. The number of benzene rings is 1. The largest absolute Gasteiger partial charge is 0.494 e. The highest BCUT2D eigenvalue weighted by Crippen LogP contribution is 2.28. The molecule has 0 radical (unpaired) electrons. The van der Waals surface area contributed by atoms with Gasteiger partial charge in [-0.25, -0.2) is 9.37 Å². The Kier molecular flexibility index (Phi) is 3.71. The van der Waals surface area contributed by atoms with Gasteiger partial charge in [-0.1, -0.05) is 0 Å². The molecular weight excluding hydrogens is 239 g/mol. The van der Waals surface area contributed by atoms with Crippen LogP contribution in [0.3, 0.4) is 0 Å². The summed E-state index contributed by atoms with van der Waals surface area (Å²) in [5.74, 6) is -0.131. The lowest BCUT2D eigenvalue weighted by Gasteiger charge is -2.02. The third-order valence-corrected chi connectivity index (χ3v) is 3.45. The number of hydrogen-bond acceptors (Lipinski definition) is 4. The van der Waals surface area contributed by atoms with E-state index in [0.717, 1.165) is 21.9 Å². The van der Waals surface area contributed by atoms with Gasteiger partial charge in [0.1, 0.15) is 5.01 Å². The summed E-state index contributed by atoms with van der Waals surface area (Å²) in [6.45, 7) is 0.596. The number of methoxy groups -OCH3 is 1. The van der Waals surface area contributed by atoms with Gasteiger partial charge in [-0.05, 0) is 31.2 Å². The van der Waals surface area contributed by atoms with E-state index in [2.05, 4.69) is 4.98 Å². The molecule has 0 saturated heterocycles. The summed E-state index contributed by atoms with van der Waals surface area (Å²) in [6.07, 6.45) is 2.59. The smallest absolute Gasteiger partial charge is 0.165 e. The first-order chi connectivity index (χ1) is 8.24. The van der Waals surface area contributed by atoms with Crippen LogP contribution >= 0.6 is 11.3 Å². The predicted molar refractivity (Wildman–Crippen MR) is 66.8 cm³/mol. The predicted octanol–water partition coefficient (Wildman–Crippen LogP) is 2.46. The topological polar surface area (TPSA) is 48.1 Å². The number of halogens is 1. The van der Waals surface area contributed by atoms with Crippen LogP contribution in [0.1, 0.15) is 4.88 Å². The summed E-state index contributed by atoms with van der Waals surface area (Å²) in [5.41, 5.74) is 6.23. The number of hydrogen-bond donors (Lipinski definition) is 1. The summed E-state index contributed by atoms with van der Waals surface area (Å²) in [5, 5.41) is 0.801. The molecule has 90 valence electrons. The molecule has 0 unspecified atom stereocenters. The summed E-state index contributed by atoms with van der Waals surface area (Å²) in [6, 6.07) is 4.84. The summed E-state index contributed by atoms with van der Waals surface area (Å²) < 4.78 is 18.4. The van der Waals surface area contributed by atoms with E-state index < -0.39 is 0 Å². The van der Waals surface area contributed by atoms with Crippen molar-refractivity contribution in [1.82, 2.24) is 4.98 Å². The van der Waals surface area contributed by atoms with Crippen LogP contribution in [0.2, 0.25) is 0 Å². The lowest BCUT2D eigenvalue weighted by Crippen LogP contribution is -2.00. The quantitative estimate of drug-likeness (QED) is 0.909. The minimum Gasteiger partial charge on any atom is -0.494 e. The molecule has 0 atom stereocenters. The number of aromatic nitrogens is 1. The molecule has 0 spiro atoms. The monoisotopic (exact) mass is 252 g/mol. The molecule has 0 aliphatic carbocycles. The Hall–Kier alpha value is -1.46. The van der Waals surface area contributed by atoms with Crippen LogP contribution in [0.15, 0.2) is 24.4 Å². The van der Waals surface area contributed by atoms with Crippen molar-refractivity contribution in [2.75, 3.05) is 13.7 Å². The summed E-state index contributed by atoms with van der Waals surface area (Å²) in [4.78, 5) is 5.37. The number of thiazole rings is 1. The molecule has 0 aliphatic heterocycles. The van der Waals surface area contributed by atoms with E-state index in [-0.39, 0.29) is 11.6 Å². The summed E-state index contributed by atoms with van der Waals surface area (Å²) >= 11 is 1.53. The number of nitrogens with two attached hydrogens (primary N) is 1. The van der Waals surface area contributed by atoms with E-state index in [4.69, 9.17) is 10.5 Å². The van der Waals surface area contributed by atoms with E-state index in [9.17, 15) is 4.39 Å². The molecule has 0 bridgehead atoms. The fourth-order valence-corrected chi connectivity index (χ4v) is 2.42. The van der Waals surface area contributed by atoms with Crippen LogP contribution in [0.4, 0.5) is 4.39 Å². The van der Waals surface area contributed by atoms with Gasteiger partial charge in [0.2, 0.25) is 0 Å². The second kappa shape index (κ2) is 5.25. The SMILES string of the molecule is COc1ccc(-c2ncc(CCN)s2)cc1F. The molecular formula is C12H13FN2OS. The second-order valence-corrected chi connectivity index (χ2v) is 4.63. The molecule has 1 aromatic carbocycles. The molecule has 2 rings (SSSR count). The average molecular weight is 252 g/mol. The summed E-state index contributed by atoms with van der Waals surface area (Å²) in [7, 11) is 1.45. The third kappa shape index (κ3) is 2.62. The molecule has 2 N–H and O–H groups in total. The van der Waals surface area contributed by atoms with Crippen molar-refractivity contribution in [2.24, 2.45) is 5.73 Å². The highest BCUT2D eigenvalue weighted by molar-refractivity contribution is 7.15. The molecule has 17 heavy (non-hydrogen) atoms. The standard InChI is InChI=1S/C12H13FN2OS/c1-16-11-3-2-8(6-10(11)13)12-15-7-9(17-12)4-5-14/h2-3,6-7H,4-5,14H2,1H3. The second-order valence-electron chi connectivity index (χ2n) is 3.52. The maximum atomic E-state index is 13.5. The molecule has 5 heteroatoms. The van der Waals surface area contributed by atoms with Gasteiger partial charge in [0, 0.05) is 16.6 Å². The molecule has 3 nitrogen and oxygen atoms in total. The van der Waals surface area contributed by atoms with Gasteiger partial charge in [0.05, 0.1) is 7.11 Å². The first kappa shape index (κ1) is 12.0. The Bertz CT molecular complexity index is 513. The lowest BCUT2D eigenvalue weighted by atomic mass is 10.2. The Morgan fingerprint density at radius 3 is 2.94 bits per heavy atom. The van der Waals surface area contributed by atoms with Crippen LogP contribution in [0.25, 0.3) is 10.6 Å². The fraction of sp³-hybridized carbons (Fsp3) is 0.250. The molecule has 0 amide bonds. The van der Waals surface area contributed by atoms with Crippen LogP contribution in [-0.2, 0) is 6.42 Å². The van der Waals surface area contributed by atoms with Crippen molar-refractivity contribution in [2.45, 2.75) is 6.42 Å². The maximum Gasteiger partial charge on any atom is 0.165 e. The molecule has 1 aromatic heterocycles. The Morgan fingerprint density at radius 2 is 2.29 bits per heavy atom. The number of rotatable bonds is 4. The molecule has 0 fully saturated rings. The van der Waals surface area contributed by atoms with E-state index in [1.165, 1.54) is 24.5 Å². The van der Waals surface area contributed by atoms with Crippen LogP contribution < -0.4 is 10.5 Å². The first-order valence-corrected chi connectivity index (χ1v) is 6.05. The zero-order chi connectivity index (χ0) is 12.3. The zero-order valence-electron chi connectivity index (χ0n) is 9.44. The molecule has 0 aliphatic rings. The van der Waals surface area contributed by atoms with Crippen LogP contribution in [0.5, 0.6) is 5.75 Å². The Morgan fingerprint density at radius 1 is 1.47 bits per heavy atom. The fourth-order valence-electron chi connectivity index (χ4n) is 1.50. The van der Waals surface area contributed by atoms with Gasteiger partial charge < -0.3 is 10.5 Å². The van der Waals surface area contributed by atoms with Gasteiger partial charge in [0.25, 0.3) is 0 Å². The minimum atomic E-state index is -0.374. The lowest BCUT2D eigenvalue weighted by molar-refractivity contribution is 0.386. The Labute approximate surface area is 103 Å². The van der Waals surface area contributed by atoms with E-state index in [0.29, 0.717) is 6.54 Å². The van der Waals surface area contributed by atoms with Gasteiger partial charge >= 0.3 is 0 Å². The highest BCUT2D eigenvalue weighted by Gasteiger charge is 2.08. The Balaban J connectivity index is 2.29. The van der Waals surface area contributed by atoms with Gasteiger partial charge in [-0.3, -0.25) is 0 Å². The minimum absolute atomic E-state index is 0.243. The zero-order valence-corrected chi connectivity index (χ0v) is 10.3. The van der Waals surface area contributed by atoms with E-state index in [1.54, 1.807) is 18.3 Å². The average Bonchev–Trinajstić information content (AvgIpc) is 2.78. The van der Waals surface area contributed by atoms with Crippen molar-refractivity contribution in [3.05, 3.63) is 35.1 Å². The van der Waals surface area contributed by atoms with Crippen molar-refractivity contribution in [3.8, 4) is 16.3 Å². The first-order valence-electron chi connectivity index (χ1n) is 5.23.